The summed E-state index contributed by atoms with van der Waals surface area (Å²) in [5, 5.41) is 2.41. The van der Waals surface area contributed by atoms with Gasteiger partial charge in [0.05, 0.1) is 16.7 Å². The van der Waals surface area contributed by atoms with Crippen molar-refractivity contribution in [1.29, 1.82) is 0 Å². The average molecular weight is 335 g/mol. The summed E-state index contributed by atoms with van der Waals surface area (Å²) >= 11 is 0. The minimum atomic E-state index is 0.292. The molecular weight excluding hydrogens is 316 g/mol. The number of fused-ring (bicyclic) bond motifs is 2. The fourth-order valence-corrected chi connectivity index (χ4v) is 3.52. The molecule has 0 fully saturated rings. The first-order valence-corrected chi connectivity index (χ1v) is 8.69. The maximum absolute atomic E-state index is 7.55. The van der Waals surface area contributed by atoms with E-state index in [9.17, 15) is 0 Å². The molecule has 4 aromatic carbocycles. The lowest BCUT2D eigenvalue weighted by atomic mass is 10.1. The normalized spacial score (nSPS) is 11.8. The minimum Gasteiger partial charge on any atom is -0.292 e. The molecule has 0 saturated heterocycles. The molecule has 0 radical (unpaired) electrons. The summed E-state index contributed by atoms with van der Waals surface area (Å²) in [7, 11) is 0. The standard InChI is InChI=1S/C24H18N2/c1-17-13-15-19(16-14-17)24-25-21-10-4-5-11-23(21)26(24)22-12-6-8-18-7-2-3-9-20(18)22/h2-16H,1H3/i1D. The number of imidazole rings is 1. The van der Waals surface area contributed by atoms with Crippen molar-refractivity contribution in [2.75, 3.05) is 0 Å². The third-order valence-corrected chi connectivity index (χ3v) is 4.78. The second-order valence-corrected chi connectivity index (χ2v) is 6.45. The van der Waals surface area contributed by atoms with Crippen molar-refractivity contribution < 1.29 is 1.37 Å². The van der Waals surface area contributed by atoms with Gasteiger partial charge < -0.3 is 0 Å². The van der Waals surface area contributed by atoms with Gasteiger partial charge in [-0.1, -0.05) is 78.4 Å². The maximum Gasteiger partial charge on any atom is 0.145 e. The van der Waals surface area contributed by atoms with E-state index in [1.54, 1.807) is 0 Å². The van der Waals surface area contributed by atoms with Crippen LogP contribution in [0.15, 0.2) is 91.0 Å². The van der Waals surface area contributed by atoms with Gasteiger partial charge in [0.2, 0.25) is 0 Å². The predicted molar refractivity (Wildman–Crippen MR) is 109 cm³/mol. The number of nitrogens with zero attached hydrogens (tertiary/aromatic N) is 2. The number of hydrogen-bond acceptors (Lipinski definition) is 1. The number of hydrogen-bond donors (Lipinski definition) is 0. The van der Waals surface area contributed by atoms with Crippen molar-refractivity contribution in [3.05, 3.63) is 96.6 Å². The smallest absolute Gasteiger partial charge is 0.145 e. The molecule has 0 bridgehead atoms. The zero-order valence-corrected chi connectivity index (χ0v) is 14.3. The van der Waals surface area contributed by atoms with Crippen LogP contribution in [0.3, 0.4) is 0 Å². The summed E-state index contributed by atoms with van der Waals surface area (Å²) < 4.78 is 9.80. The summed E-state index contributed by atoms with van der Waals surface area (Å²) in [6, 6.07) is 31.2. The van der Waals surface area contributed by atoms with Crippen molar-refractivity contribution in [2.45, 2.75) is 6.90 Å². The van der Waals surface area contributed by atoms with Crippen LogP contribution in [-0.2, 0) is 0 Å². The maximum atomic E-state index is 7.55. The van der Waals surface area contributed by atoms with E-state index in [4.69, 9.17) is 6.35 Å². The van der Waals surface area contributed by atoms with Crippen molar-refractivity contribution in [2.24, 2.45) is 0 Å². The van der Waals surface area contributed by atoms with Gasteiger partial charge in [0.25, 0.3) is 0 Å². The van der Waals surface area contributed by atoms with Crippen LogP contribution in [0.2, 0.25) is 0 Å². The SMILES string of the molecule is [2H]Cc1ccc(-c2nc3ccccc3n2-c2cccc3ccccc23)cc1. The minimum absolute atomic E-state index is 0.292. The van der Waals surface area contributed by atoms with Gasteiger partial charge in [0.1, 0.15) is 5.82 Å². The third kappa shape index (κ3) is 2.31. The van der Waals surface area contributed by atoms with E-state index in [1.807, 2.05) is 18.2 Å². The van der Waals surface area contributed by atoms with Gasteiger partial charge >= 0.3 is 0 Å². The highest BCUT2D eigenvalue weighted by Gasteiger charge is 2.15. The second kappa shape index (κ2) is 5.85. The average Bonchev–Trinajstić information content (AvgIpc) is 3.13. The van der Waals surface area contributed by atoms with Gasteiger partial charge in [-0.05, 0) is 30.5 Å². The number of rotatable bonds is 2. The van der Waals surface area contributed by atoms with Crippen LogP contribution in [0.25, 0.3) is 38.9 Å². The number of aryl methyl sites for hydroxylation is 1. The summed E-state index contributed by atoms with van der Waals surface area (Å²) in [5.74, 6) is 0.920. The molecule has 5 rings (SSSR count). The lowest BCUT2D eigenvalue weighted by Gasteiger charge is -2.13. The molecular formula is C24H18N2. The number of para-hydroxylation sites is 2. The van der Waals surface area contributed by atoms with Crippen molar-refractivity contribution in [3.63, 3.8) is 0 Å². The summed E-state index contributed by atoms with van der Waals surface area (Å²) in [5.41, 5.74) is 5.25. The molecule has 0 aliphatic heterocycles. The molecule has 0 spiro atoms. The topological polar surface area (TPSA) is 17.8 Å². The van der Waals surface area contributed by atoms with Crippen LogP contribution in [0, 0.1) is 6.90 Å². The Bertz CT molecular complexity index is 1250. The fourth-order valence-electron chi connectivity index (χ4n) is 3.52. The Labute approximate surface area is 153 Å². The van der Waals surface area contributed by atoms with E-state index >= 15 is 0 Å². The molecule has 0 saturated carbocycles. The zero-order valence-electron chi connectivity index (χ0n) is 15.3. The van der Waals surface area contributed by atoms with E-state index in [1.165, 1.54) is 10.8 Å². The van der Waals surface area contributed by atoms with Crippen LogP contribution in [0.1, 0.15) is 6.93 Å². The molecule has 0 N–H and O–H groups in total. The molecule has 0 amide bonds. The first kappa shape index (κ1) is 13.9. The van der Waals surface area contributed by atoms with Crippen LogP contribution in [-0.4, -0.2) is 9.55 Å². The van der Waals surface area contributed by atoms with Crippen LogP contribution in [0.4, 0.5) is 0 Å². The second-order valence-electron chi connectivity index (χ2n) is 6.45. The Morgan fingerprint density at radius 1 is 0.769 bits per heavy atom. The van der Waals surface area contributed by atoms with Crippen LogP contribution in [0.5, 0.6) is 0 Å². The van der Waals surface area contributed by atoms with Crippen LogP contribution >= 0.6 is 0 Å². The van der Waals surface area contributed by atoms with E-state index in [-0.39, 0.29) is 0 Å². The molecule has 26 heavy (non-hydrogen) atoms. The Hall–Kier alpha value is -3.39. The molecule has 0 atom stereocenters. The Balaban J connectivity index is 1.85. The van der Waals surface area contributed by atoms with Crippen molar-refractivity contribution >= 4 is 21.8 Å². The van der Waals surface area contributed by atoms with Crippen molar-refractivity contribution in [1.82, 2.24) is 9.55 Å². The van der Waals surface area contributed by atoms with Crippen LogP contribution < -0.4 is 0 Å². The lowest BCUT2D eigenvalue weighted by Crippen LogP contribution is -1.98. The van der Waals surface area contributed by atoms with Gasteiger partial charge in [-0.25, -0.2) is 4.98 Å². The lowest BCUT2D eigenvalue weighted by molar-refractivity contribution is 1.11. The first-order valence-electron chi connectivity index (χ1n) is 9.40. The summed E-state index contributed by atoms with van der Waals surface area (Å²) in [6.07, 6.45) is 0. The van der Waals surface area contributed by atoms with Crippen molar-refractivity contribution in [3.8, 4) is 17.1 Å². The van der Waals surface area contributed by atoms with E-state index in [0.717, 1.165) is 33.7 Å². The Morgan fingerprint density at radius 3 is 2.42 bits per heavy atom. The van der Waals surface area contributed by atoms with Gasteiger partial charge in [0, 0.05) is 12.3 Å². The molecule has 2 heteroatoms. The quantitative estimate of drug-likeness (QED) is 0.378. The predicted octanol–water partition coefficient (Wildman–Crippen LogP) is 6.15. The van der Waals surface area contributed by atoms with Gasteiger partial charge in [0.15, 0.2) is 0 Å². The first-order chi connectivity index (χ1) is 13.3. The Kier molecular flexibility index (Phi) is 3.12. The van der Waals surface area contributed by atoms with Gasteiger partial charge in [-0.2, -0.15) is 0 Å². The highest BCUT2D eigenvalue weighted by molar-refractivity contribution is 5.94. The molecule has 124 valence electrons. The van der Waals surface area contributed by atoms with E-state index < -0.39 is 0 Å². The van der Waals surface area contributed by atoms with Gasteiger partial charge in [-0.15, -0.1) is 0 Å². The highest BCUT2D eigenvalue weighted by Crippen LogP contribution is 2.32. The molecule has 2 nitrogen and oxygen atoms in total. The molecule has 0 aliphatic rings. The molecule has 0 aliphatic carbocycles. The fraction of sp³-hybridized carbons (Fsp3) is 0.0417. The summed E-state index contributed by atoms with van der Waals surface area (Å²) in [4.78, 5) is 4.94. The summed E-state index contributed by atoms with van der Waals surface area (Å²) in [6.45, 7) is 0.292. The molecule has 1 heterocycles. The molecule has 5 aromatic rings. The third-order valence-electron chi connectivity index (χ3n) is 4.78. The van der Waals surface area contributed by atoms with Gasteiger partial charge in [-0.3, -0.25) is 4.57 Å². The molecule has 1 aromatic heterocycles. The number of aromatic nitrogens is 2. The van der Waals surface area contributed by atoms with E-state index in [2.05, 4.69) is 77.4 Å². The molecule has 0 unspecified atom stereocenters. The Morgan fingerprint density at radius 2 is 1.54 bits per heavy atom. The largest absolute Gasteiger partial charge is 0.292 e. The number of benzene rings is 4. The monoisotopic (exact) mass is 335 g/mol. The van der Waals surface area contributed by atoms with E-state index in [0.29, 0.717) is 6.90 Å². The zero-order chi connectivity index (χ0) is 18.2. The highest BCUT2D eigenvalue weighted by atomic mass is 15.1.